The van der Waals surface area contributed by atoms with E-state index in [-0.39, 0.29) is 11.5 Å². The molecular weight excluding hydrogens is 278 g/mol. The van der Waals surface area contributed by atoms with Crippen molar-refractivity contribution in [1.29, 1.82) is 0 Å². The van der Waals surface area contributed by atoms with Crippen LogP contribution in [0.4, 0.5) is 5.82 Å². The number of nitrogens with two attached hydrogens (primary N) is 1. The van der Waals surface area contributed by atoms with E-state index in [2.05, 4.69) is 27.3 Å². The van der Waals surface area contributed by atoms with Crippen molar-refractivity contribution >= 4 is 5.82 Å². The highest BCUT2D eigenvalue weighted by Gasteiger charge is 2.38. The van der Waals surface area contributed by atoms with Gasteiger partial charge in [0, 0.05) is 44.3 Å². The van der Waals surface area contributed by atoms with Crippen LogP contribution in [0.1, 0.15) is 5.56 Å². The summed E-state index contributed by atoms with van der Waals surface area (Å²) in [4.78, 5) is 18.1. The number of likely N-dealkylation sites (tertiary alicyclic amines) is 1. The van der Waals surface area contributed by atoms with Crippen LogP contribution in [0.2, 0.25) is 0 Å². The van der Waals surface area contributed by atoms with Crippen LogP contribution in [0.5, 0.6) is 0 Å². The van der Waals surface area contributed by atoms with Crippen LogP contribution >= 0.6 is 0 Å². The molecule has 3 heterocycles. The molecule has 2 aliphatic rings. The van der Waals surface area contributed by atoms with Crippen molar-refractivity contribution in [3.8, 4) is 5.69 Å². The van der Waals surface area contributed by atoms with Crippen molar-refractivity contribution in [2.45, 2.75) is 12.6 Å². The van der Waals surface area contributed by atoms with Gasteiger partial charge in [-0.15, -0.1) is 0 Å². The number of aromatic nitrogens is 2. The van der Waals surface area contributed by atoms with Crippen LogP contribution in [-0.2, 0) is 6.54 Å². The summed E-state index contributed by atoms with van der Waals surface area (Å²) in [5.74, 6) is 1.08. The van der Waals surface area contributed by atoms with Crippen LogP contribution in [0.15, 0.2) is 41.3 Å². The van der Waals surface area contributed by atoms with E-state index in [1.165, 1.54) is 16.7 Å². The van der Waals surface area contributed by atoms with Crippen LogP contribution < -0.4 is 16.7 Å². The molecule has 2 aromatic rings. The van der Waals surface area contributed by atoms with Crippen molar-refractivity contribution < 1.29 is 0 Å². The molecule has 6 heteroatoms. The van der Waals surface area contributed by atoms with E-state index in [4.69, 9.17) is 5.73 Å². The number of nitrogen functional groups attached to an aromatic ring is 1. The van der Waals surface area contributed by atoms with E-state index in [1.807, 2.05) is 12.1 Å². The average Bonchev–Trinajstić information content (AvgIpc) is 2.76. The Morgan fingerprint density at radius 3 is 2.64 bits per heavy atom. The fourth-order valence-corrected chi connectivity index (χ4v) is 3.30. The maximum Gasteiger partial charge on any atom is 0.354 e. The van der Waals surface area contributed by atoms with E-state index in [0.29, 0.717) is 6.04 Å². The lowest BCUT2D eigenvalue weighted by atomic mass is 9.96. The van der Waals surface area contributed by atoms with Crippen molar-refractivity contribution in [2.24, 2.45) is 5.92 Å². The summed E-state index contributed by atoms with van der Waals surface area (Å²) in [7, 11) is 0. The van der Waals surface area contributed by atoms with Gasteiger partial charge in [0.05, 0.1) is 5.69 Å². The predicted molar refractivity (Wildman–Crippen MR) is 84.8 cm³/mol. The maximum atomic E-state index is 11.8. The van der Waals surface area contributed by atoms with E-state index in [1.54, 1.807) is 12.3 Å². The molecule has 0 saturated carbocycles. The Kier molecular flexibility index (Phi) is 3.20. The number of fused-ring (bicyclic) bond motifs is 1. The summed E-state index contributed by atoms with van der Waals surface area (Å²) in [5, 5.41) is 3.47. The zero-order valence-electron chi connectivity index (χ0n) is 12.3. The van der Waals surface area contributed by atoms with E-state index in [0.717, 1.165) is 31.2 Å². The molecule has 0 amide bonds. The third kappa shape index (κ3) is 2.40. The number of rotatable bonds is 3. The number of anilines is 1. The van der Waals surface area contributed by atoms with Gasteiger partial charge in [0.15, 0.2) is 0 Å². The minimum atomic E-state index is -0.352. The summed E-state index contributed by atoms with van der Waals surface area (Å²) in [5.41, 5.74) is 7.24. The molecule has 2 atom stereocenters. The molecule has 22 heavy (non-hydrogen) atoms. The topological polar surface area (TPSA) is 76.2 Å². The van der Waals surface area contributed by atoms with Gasteiger partial charge in [-0.3, -0.25) is 9.47 Å². The molecule has 0 spiro atoms. The largest absolute Gasteiger partial charge is 0.383 e. The smallest absolute Gasteiger partial charge is 0.354 e. The molecule has 3 N–H and O–H groups in total. The Morgan fingerprint density at radius 1 is 1.23 bits per heavy atom. The Labute approximate surface area is 128 Å². The Balaban J connectivity index is 1.49. The van der Waals surface area contributed by atoms with Crippen LogP contribution in [0.25, 0.3) is 5.69 Å². The normalized spacial score (nSPS) is 24.0. The summed E-state index contributed by atoms with van der Waals surface area (Å²) in [6.45, 7) is 4.44. The van der Waals surface area contributed by atoms with E-state index >= 15 is 0 Å². The van der Waals surface area contributed by atoms with Crippen LogP contribution in [0.3, 0.4) is 0 Å². The molecule has 1 aromatic carbocycles. The summed E-state index contributed by atoms with van der Waals surface area (Å²) >= 11 is 0. The van der Waals surface area contributed by atoms with E-state index < -0.39 is 0 Å². The first-order valence-corrected chi connectivity index (χ1v) is 7.59. The van der Waals surface area contributed by atoms with Gasteiger partial charge in [-0.05, 0) is 23.8 Å². The first-order chi connectivity index (χ1) is 10.7. The van der Waals surface area contributed by atoms with Gasteiger partial charge in [0.2, 0.25) is 0 Å². The van der Waals surface area contributed by atoms with Crippen molar-refractivity contribution in [3.63, 3.8) is 0 Å². The van der Waals surface area contributed by atoms with Crippen molar-refractivity contribution in [3.05, 3.63) is 52.6 Å². The lowest BCUT2D eigenvalue weighted by Gasteiger charge is -2.30. The average molecular weight is 297 g/mol. The van der Waals surface area contributed by atoms with Gasteiger partial charge in [-0.25, -0.2) is 4.79 Å². The fraction of sp³-hybridized carbons (Fsp3) is 0.375. The Bertz CT molecular complexity index is 727. The third-order valence-corrected chi connectivity index (χ3v) is 4.60. The molecule has 2 saturated heterocycles. The maximum absolute atomic E-state index is 11.8. The van der Waals surface area contributed by atoms with Crippen LogP contribution in [-0.4, -0.2) is 40.1 Å². The molecule has 114 valence electrons. The monoisotopic (exact) mass is 297 g/mol. The molecule has 4 rings (SSSR count). The van der Waals surface area contributed by atoms with Crippen molar-refractivity contribution in [1.82, 2.24) is 19.8 Å². The molecule has 6 nitrogen and oxygen atoms in total. The quantitative estimate of drug-likeness (QED) is 0.847. The molecule has 0 radical (unpaired) electrons. The second kappa shape index (κ2) is 5.23. The fourth-order valence-electron chi connectivity index (χ4n) is 3.30. The molecule has 0 bridgehead atoms. The number of hydrogen-bond acceptors (Lipinski definition) is 5. The number of nitrogens with one attached hydrogen (secondary N) is 1. The first-order valence-electron chi connectivity index (χ1n) is 7.59. The Morgan fingerprint density at radius 2 is 2.05 bits per heavy atom. The minimum Gasteiger partial charge on any atom is -0.383 e. The minimum absolute atomic E-state index is 0.246. The molecule has 2 aliphatic heterocycles. The van der Waals surface area contributed by atoms with Crippen LogP contribution in [0, 0.1) is 5.92 Å². The highest BCUT2D eigenvalue weighted by atomic mass is 16.1. The van der Waals surface area contributed by atoms with Gasteiger partial charge in [0.25, 0.3) is 0 Å². The zero-order chi connectivity index (χ0) is 15.1. The van der Waals surface area contributed by atoms with Gasteiger partial charge in [0.1, 0.15) is 5.82 Å². The van der Waals surface area contributed by atoms with Gasteiger partial charge >= 0.3 is 5.69 Å². The lowest BCUT2D eigenvalue weighted by Crippen LogP contribution is -2.51. The molecule has 1 aromatic heterocycles. The molecule has 0 aliphatic carbocycles. The standard InChI is InChI=1S/C16H19N5O/c17-15-5-6-21(16(22)19-15)13-3-1-11(2-4-13)8-20-9-12-7-18-14(12)10-20/h1-6,12,14,18H,7-10H2,(H2,17,19,22)/t12-,14+/m0/s1. The number of nitrogens with zero attached hydrogens (tertiary/aromatic N) is 3. The second-order valence-electron chi connectivity index (χ2n) is 6.14. The van der Waals surface area contributed by atoms with Gasteiger partial charge in [-0.2, -0.15) is 4.98 Å². The first kappa shape index (κ1) is 13.5. The summed E-state index contributed by atoms with van der Waals surface area (Å²) < 4.78 is 1.50. The number of benzene rings is 1. The van der Waals surface area contributed by atoms with Gasteiger partial charge < -0.3 is 11.1 Å². The Hall–Kier alpha value is -2.18. The SMILES string of the molecule is Nc1ccn(-c2ccc(CN3C[C@@H]4CN[C@@H]4C3)cc2)c(=O)n1. The summed E-state index contributed by atoms with van der Waals surface area (Å²) in [6.07, 6.45) is 1.66. The third-order valence-electron chi connectivity index (χ3n) is 4.60. The zero-order valence-corrected chi connectivity index (χ0v) is 12.3. The molecule has 2 fully saturated rings. The van der Waals surface area contributed by atoms with Crippen molar-refractivity contribution in [2.75, 3.05) is 25.4 Å². The predicted octanol–water partition coefficient (Wildman–Crippen LogP) is 0.218. The van der Waals surface area contributed by atoms with E-state index in [9.17, 15) is 4.79 Å². The lowest BCUT2D eigenvalue weighted by molar-refractivity contribution is 0.295. The highest BCUT2D eigenvalue weighted by Crippen LogP contribution is 2.24. The molecule has 0 unspecified atom stereocenters. The number of hydrogen-bond donors (Lipinski definition) is 2. The second-order valence-corrected chi connectivity index (χ2v) is 6.14. The van der Waals surface area contributed by atoms with Gasteiger partial charge in [-0.1, -0.05) is 12.1 Å². The summed E-state index contributed by atoms with van der Waals surface area (Å²) in [6, 6.07) is 10.4. The highest BCUT2D eigenvalue weighted by molar-refractivity contribution is 5.36. The molecular formula is C16H19N5O.